The lowest BCUT2D eigenvalue weighted by molar-refractivity contribution is -0.133. The summed E-state index contributed by atoms with van der Waals surface area (Å²) in [6.45, 7) is 3.93. The van der Waals surface area contributed by atoms with E-state index in [9.17, 15) is 4.79 Å². The maximum atomic E-state index is 11.8. The van der Waals surface area contributed by atoms with Crippen molar-refractivity contribution in [2.75, 3.05) is 26.7 Å². The van der Waals surface area contributed by atoms with Crippen LogP contribution in [-0.4, -0.2) is 48.4 Å². The topological polar surface area (TPSA) is 47.3 Å². The zero-order valence-corrected chi connectivity index (χ0v) is 9.57. The summed E-state index contributed by atoms with van der Waals surface area (Å²) in [4.78, 5) is 15.5. The Labute approximate surface area is 91.5 Å². The molecule has 0 saturated carbocycles. The lowest BCUT2D eigenvalue weighted by Crippen LogP contribution is -2.43. The highest BCUT2D eigenvalue weighted by Gasteiger charge is 2.19. The molecule has 0 radical (unpaired) electrons. The molecule has 0 N–H and O–H groups in total. The van der Waals surface area contributed by atoms with Gasteiger partial charge in [-0.3, -0.25) is 9.69 Å². The largest absolute Gasteiger partial charge is 0.342 e. The van der Waals surface area contributed by atoms with Gasteiger partial charge in [-0.25, -0.2) is 0 Å². The number of hydrogen-bond donors (Lipinski definition) is 0. The number of piperidine rings is 1. The van der Waals surface area contributed by atoms with Gasteiger partial charge >= 0.3 is 0 Å². The normalized spacial score (nSPS) is 18.7. The number of amides is 1. The number of carbonyl (C=O) groups excluding carboxylic acids is 1. The maximum absolute atomic E-state index is 11.8. The quantitative estimate of drug-likeness (QED) is 0.692. The number of likely N-dealkylation sites (N-methyl/N-ethyl adjacent to an activating group) is 1. The SMILES string of the molecule is CC(C#N)N(C)CC(=O)N1CCCCC1. The Hall–Kier alpha value is -1.08. The van der Waals surface area contributed by atoms with Crippen LogP contribution in [0.1, 0.15) is 26.2 Å². The van der Waals surface area contributed by atoms with E-state index in [2.05, 4.69) is 6.07 Å². The first-order valence-corrected chi connectivity index (χ1v) is 5.53. The second-order valence-electron chi connectivity index (χ2n) is 4.16. The molecule has 0 aromatic heterocycles. The van der Waals surface area contributed by atoms with Gasteiger partial charge < -0.3 is 4.90 Å². The molecular weight excluding hydrogens is 190 g/mol. The molecule has 1 fully saturated rings. The van der Waals surface area contributed by atoms with Gasteiger partial charge in [0.05, 0.1) is 18.7 Å². The van der Waals surface area contributed by atoms with Gasteiger partial charge in [0.1, 0.15) is 0 Å². The van der Waals surface area contributed by atoms with Crippen molar-refractivity contribution < 1.29 is 4.79 Å². The van der Waals surface area contributed by atoms with Crippen LogP contribution in [0.4, 0.5) is 0 Å². The third-order valence-electron chi connectivity index (χ3n) is 2.94. The Kier molecular flexibility index (Phi) is 4.57. The second kappa shape index (κ2) is 5.72. The van der Waals surface area contributed by atoms with E-state index in [0.717, 1.165) is 25.9 Å². The molecule has 4 heteroatoms. The molecule has 1 heterocycles. The van der Waals surface area contributed by atoms with E-state index in [0.29, 0.717) is 6.54 Å². The molecule has 0 aromatic carbocycles. The van der Waals surface area contributed by atoms with E-state index in [-0.39, 0.29) is 11.9 Å². The fraction of sp³-hybridized carbons (Fsp3) is 0.818. The van der Waals surface area contributed by atoms with Crippen LogP contribution in [0, 0.1) is 11.3 Å². The monoisotopic (exact) mass is 209 g/mol. The van der Waals surface area contributed by atoms with Gasteiger partial charge in [0.2, 0.25) is 5.91 Å². The molecule has 15 heavy (non-hydrogen) atoms. The smallest absolute Gasteiger partial charge is 0.236 e. The van der Waals surface area contributed by atoms with Gasteiger partial charge in [-0.05, 0) is 33.2 Å². The lowest BCUT2D eigenvalue weighted by Gasteiger charge is -2.29. The number of nitrogens with zero attached hydrogens (tertiary/aromatic N) is 3. The zero-order valence-electron chi connectivity index (χ0n) is 9.57. The number of rotatable bonds is 3. The van der Waals surface area contributed by atoms with Crippen molar-refractivity contribution in [2.24, 2.45) is 0 Å². The van der Waals surface area contributed by atoms with Crippen molar-refractivity contribution in [1.29, 1.82) is 5.26 Å². The third kappa shape index (κ3) is 3.52. The fourth-order valence-electron chi connectivity index (χ4n) is 1.69. The Bertz CT molecular complexity index is 253. The van der Waals surface area contributed by atoms with Crippen molar-refractivity contribution >= 4 is 5.91 Å². The highest BCUT2D eigenvalue weighted by molar-refractivity contribution is 5.78. The summed E-state index contributed by atoms with van der Waals surface area (Å²) in [5, 5.41) is 8.71. The number of hydrogen-bond acceptors (Lipinski definition) is 3. The number of likely N-dealkylation sites (tertiary alicyclic amines) is 1. The van der Waals surface area contributed by atoms with Gasteiger partial charge in [-0.2, -0.15) is 5.26 Å². The Morgan fingerprint density at radius 3 is 2.60 bits per heavy atom. The minimum absolute atomic E-state index is 0.152. The molecule has 1 aliphatic heterocycles. The first-order chi connectivity index (χ1) is 7.15. The van der Waals surface area contributed by atoms with E-state index < -0.39 is 0 Å². The van der Waals surface area contributed by atoms with Crippen LogP contribution in [-0.2, 0) is 4.79 Å². The van der Waals surface area contributed by atoms with Crippen molar-refractivity contribution in [3.63, 3.8) is 0 Å². The van der Waals surface area contributed by atoms with Crippen LogP contribution in [0.25, 0.3) is 0 Å². The van der Waals surface area contributed by atoms with Crippen LogP contribution in [0.15, 0.2) is 0 Å². The second-order valence-corrected chi connectivity index (χ2v) is 4.16. The molecule has 0 aromatic rings. The number of nitriles is 1. The number of carbonyl (C=O) groups is 1. The van der Waals surface area contributed by atoms with Crippen LogP contribution in [0.5, 0.6) is 0 Å². The first-order valence-electron chi connectivity index (χ1n) is 5.53. The van der Waals surface area contributed by atoms with E-state index in [1.54, 1.807) is 4.90 Å². The van der Waals surface area contributed by atoms with Crippen molar-refractivity contribution in [3.8, 4) is 6.07 Å². The molecule has 4 nitrogen and oxygen atoms in total. The molecule has 84 valence electrons. The standard InChI is InChI=1S/C11H19N3O/c1-10(8-12)13(2)9-11(15)14-6-4-3-5-7-14/h10H,3-7,9H2,1-2H3. The molecule has 1 amide bonds. The van der Waals surface area contributed by atoms with Gasteiger partial charge in [-0.1, -0.05) is 0 Å². The van der Waals surface area contributed by atoms with Gasteiger partial charge in [0, 0.05) is 13.1 Å². The van der Waals surface area contributed by atoms with Gasteiger partial charge in [-0.15, -0.1) is 0 Å². The summed E-state index contributed by atoms with van der Waals surface area (Å²) in [6.07, 6.45) is 3.46. The van der Waals surface area contributed by atoms with Crippen molar-refractivity contribution in [3.05, 3.63) is 0 Å². The molecule has 1 rings (SSSR count). The summed E-state index contributed by atoms with van der Waals surface area (Å²) in [7, 11) is 1.82. The average Bonchev–Trinajstić information content (AvgIpc) is 2.29. The van der Waals surface area contributed by atoms with E-state index >= 15 is 0 Å². The molecule has 0 aliphatic carbocycles. The fourth-order valence-corrected chi connectivity index (χ4v) is 1.69. The summed E-state index contributed by atoms with van der Waals surface area (Å²) in [5.74, 6) is 0.152. The van der Waals surface area contributed by atoms with Crippen LogP contribution >= 0.6 is 0 Å². The Morgan fingerprint density at radius 2 is 2.07 bits per heavy atom. The first kappa shape index (κ1) is 12.0. The molecule has 1 aliphatic rings. The maximum Gasteiger partial charge on any atom is 0.236 e. The van der Waals surface area contributed by atoms with E-state index in [1.165, 1.54) is 6.42 Å². The Balaban J connectivity index is 2.37. The van der Waals surface area contributed by atoms with Crippen LogP contribution in [0.3, 0.4) is 0 Å². The van der Waals surface area contributed by atoms with Crippen molar-refractivity contribution in [2.45, 2.75) is 32.2 Å². The minimum atomic E-state index is -0.196. The molecule has 1 saturated heterocycles. The summed E-state index contributed by atoms with van der Waals surface area (Å²) < 4.78 is 0. The third-order valence-corrected chi connectivity index (χ3v) is 2.94. The zero-order chi connectivity index (χ0) is 11.3. The molecule has 1 unspecified atom stereocenters. The molecular formula is C11H19N3O. The minimum Gasteiger partial charge on any atom is -0.342 e. The van der Waals surface area contributed by atoms with E-state index in [1.807, 2.05) is 18.9 Å². The molecule has 0 spiro atoms. The summed E-state index contributed by atoms with van der Waals surface area (Å²) in [5.41, 5.74) is 0. The predicted molar refractivity (Wildman–Crippen MR) is 58.1 cm³/mol. The highest BCUT2D eigenvalue weighted by atomic mass is 16.2. The van der Waals surface area contributed by atoms with Gasteiger partial charge in [0.15, 0.2) is 0 Å². The molecule has 0 bridgehead atoms. The predicted octanol–water partition coefficient (Wildman–Crippen LogP) is 0.843. The average molecular weight is 209 g/mol. The molecule has 1 atom stereocenters. The highest BCUT2D eigenvalue weighted by Crippen LogP contribution is 2.09. The van der Waals surface area contributed by atoms with Gasteiger partial charge in [0.25, 0.3) is 0 Å². The lowest BCUT2D eigenvalue weighted by atomic mass is 10.1. The van der Waals surface area contributed by atoms with E-state index in [4.69, 9.17) is 5.26 Å². The summed E-state index contributed by atoms with van der Waals surface area (Å²) >= 11 is 0. The van der Waals surface area contributed by atoms with Crippen LogP contribution < -0.4 is 0 Å². The van der Waals surface area contributed by atoms with Crippen LogP contribution in [0.2, 0.25) is 0 Å². The summed E-state index contributed by atoms with van der Waals surface area (Å²) in [6, 6.07) is 1.93. The van der Waals surface area contributed by atoms with Crippen molar-refractivity contribution in [1.82, 2.24) is 9.80 Å². The Morgan fingerprint density at radius 1 is 1.47 bits per heavy atom.